The lowest BCUT2D eigenvalue weighted by Crippen LogP contribution is -2.39. The first-order valence-corrected chi connectivity index (χ1v) is 7.90. The standard InChI is InChI=1S/C16H20N6O2/c1-17-14(23)10-21-11-18-16(20-21)19-15(24)13-8-5-9-22(13)12-6-3-2-4-7-12/h2-4,6-7,11,13H,5,8-10H2,1H3,(H,17,23)(H,19,20,24). The highest BCUT2D eigenvalue weighted by molar-refractivity contribution is 5.96. The number of hydrogen-bond donors (Lipinski definition) is 2. The van der Waals surface area contributed by atoms with E-state index in [4.69, 9.17) is 0 Å². The molecule has 0 aliphatic carbocycles. The van der Waals surface area contributed by atoms with Gasteiger partial charge in [-0.1, -0.05) is 18.2 Å². The van der Waals surface area contributed by atoms with Gasteiger partial charge in [-0.2, -0.15) is 0 Å². The molecule has 2 amide bonds. The monoisotopic (exact) mass is 328 g/mol. The van der Waals surface area contributed by atoms with Crippen LogP contribution in [0.15, 0.2) is 36.7 Å². The molecule has 3 rings (SSSR count). The Labute approximate surface area is 139 Å². The summed E-state index contributed by atoms with van der Waals surface area (Å²) in [5.41, 5.74) is 1.04. The summed E-state index contributed by atoms with van der Waals surface area (Å²) in [5.74, 6) is -0.0957. The average Bonchev–Trinajstić information content (AvgIpc) is 3.25. The number of carbonyl (C=O) groups is 2. The molecule has 0 spiro atoms. The summed E-state index contributed by atoms with van der Waals surface area (Å²) in [5, 5.41) is 9.35. The van der Waals surface area contributed by atoms with Crippen molar-refractivity contribution in [1.82, 2.24) is 20.1 Å². The second-order valence-electron chi connectivity index (χ2n) is 5.62. The largest absolute Gasteiger partial charge is 0.360 e. The molecule has 24 heavy (non-hydrogen) atoms. The number of benzene rings is 1. The molecule has 2 heterocycles. The number of hydrogen-bond acceptors (Lipinski definition) is 5. The quantitative estimate of drug-likeness (QED) is 0.840. The van der Waals surface area contributed by atoms with Gasteiger partial charge in [0, 0.05) is 19.3 Å². The number of nitrogens with one attached hydrogen (secondary N) is 2. The van der Waals surface area contributed by atoms with E-state index in [0.29, 0.717) is 0 Å². The molecule has 1 atom stereocenters. The molecule has 2 N–H and O–H groups in total. The van der Waals surface area contributed by atoms with Crippen LogP contribution in [0, 0.1) is 0 Å². The summed E-state index contributed by atoms with van der Waals surface area (Å²) >= 11 is 0. The molecule has 1 saturated heterocycles. The molecule has 1 aromatic heterocycles. The SMILES string of the molecule is CNC(=O)Cn1cnc(NC(=O)C2CCCN2c2ccccc2)n1. The lowest BCUT2D eigenvalue weighted by molar-refractivity contribution is -0.121. The van der Waals surface area contributed by atoms with E-state index in [1.54, 1.807) is 7.05 Å². The van der Waals surface area contributed by atoms with Crippen LogP contribution in [0.5, 0.6) is 0 Å². The Hall–Kier alpha value is -2.90. The summed E-state index contributed by atoms with van der Waals surface area (Å²) in [6, 6.07) is 9.65. The van der Waals surface area contributed by atoms with Gasteiger partial charge in [0.05, 0.1) is 0 Å². The van der Waals surface area contributed by atoms with Crippen molar-refractivity contribution in [3.05, 3.63) is 36.7 Å². The number of para-hydroxylation sites is 1. The summed E-state index contributed by atoms with van der Waals surface area (Å²) in [4.78, 5) is 30.0. The Morgan fingerprint density at radius 1 is 1.29 bits per heavy atom. The maximum Gasteiger partial charge on any atom is 0.249 e. The van der Waals surface area contributed by atoms with Crippen molar-refractivity contribution < 1.29 is 9.59 Å². The Bertz CT molecular complexity index is 714. The molecule has 8 heteroatoms. The molecular formula is C16H20N6O2. The fraction of sp³-hybridized carbons (Fsp3) is 0.375. The second-order valence-corrected chi connectivity index (χ2v) is 5.62. The third kappa shape index (κ3) is 3.53. The van der Waals surface area contributed by atoms with Crippen molar-refractivity contribution in [2.45, 2.75) is 25.4 Å². The van der Waals surface area contributed by atoms with Gasteiger partial charge in [-0.05, 0) is 25.0 Å². The minimum Gasteiger partial charge on any atom is -0.360 e. The van der Waals surface area contributed by atoms with Gasteiger partial charge in [0.1, 0.15) is 18.9 Å². The van der Waals surface area contributed by atoms with Crippen LogP contribution < -0.4 is 15.5 Å². The zero-order valence-electron chi connectivity index (χ0n) is 13.5. The van der Waals surface area contributed by atoms with E-state index >= 15 is 0 Å². The minimum absolute atomic E-state index is 0.0684. The van der Waals surface area contributed by atoms with Gasteiger partial charge in [0.25, 0.3) is 0 Å². The maximum atomic E-state index is 12.6. The molecule has 0 bridgehead atoms. The summed E-state index contributed by atoms with van der Waals surface area (Å²) in [7, 11) is 1.56. The number of rotatable bonds is 5. The van der Waals surface area contributed by atoms with Crippen LogP contribution in [-0.4, -0.2) is 46.2 Å². The highest BCUT2D eigenvalue weighted by Gasteiger charge is 2.31. The normalized spacial score (nSPS) is 16.9. The predicted molar refractivity (Wildman–Crippen MR) is 89.5 cm³/mol. The Morgan fingerprint density at radius 3 is 2.83 bits per heavy atom. The van der Waals surface area contributed by atoms with Crippen molar-refractivity contribution >= 4 is 23.5 Å². The van der Waals surface area contributed by atoms with Crippen molar-refractivity contribution in [2.24, 2.45) is 0 Å². The van der Waals surface area contributed by atoms with E-state index < -0.39 is 0 Å². The van der Waals surface area contributed by atoms with Crippen LogP contribution in [-0.2, 0) is 16.1 Å². The lowest BCUT2D eigenvalue weighted by atomic mass is 10.2. The molecule has 0 radical (unpaired) electrons. The first kappa shape index (κ1) is 16.0. The zero-order valence-corrected chi connectivity index (χ0v) is 13.5. The number of aromatic nitrogens is 3. The van der Waals surface area contributed by atoms with Gasteiger partial charge >= 0.3 is 0 Å². The third-order valence-electron chi connectivity index (χ3n) is 4.00. The van der Waals surface area contributed by atoms with Crippen LogP contribution in [0.2, 0.25) is 0 Å². The van der Waals surface area contributed by atoms with Gasteiger partial charge in [-0.15, -0.1) is 5.10 Å². The van der Waals surface area contributed by atoms with E-state index in [-0.39, 0.29) is 30.3 Å². The van der Waals surface area contributed by atoms with Gasteiger partial charge in [0.2, 0.25) is 17.8 Å². The first-order valence-electron chi connectivity index (χ1n) is 7.90. The molecule has 1 aromatic carbocycles. The Balaban J connectivity index is 1.65. The minimum atomic E-state index is -0.238. The highest BCUT2D eigenvalue weighted by Crippen LogP contribution is 2.25. The topological polar surface area (TPSA) is 92.2 Å². The van der Waals surface area contributed by atoms with E-state index in [9.17, 15) is 9.59 Å². The van der Waals surface area contributed by atoms with E-state index in [1.807, 2.05) is 30.3 Å². The van der Waals surface area contributed by atoms with Gasteiger partial charge in [-0.25, -0.2) is 9.67 Å². The fourth-order valence-corrected chi connectivity index (χ4v) is 2.82. The molecular weight excluding hydrogens is 308 g/mol. The molecule has 1 unspecified atom stereocenters. The number of likely N-dealkylation sites (N-methyl/N-ethyl adjacent to an activating group) is 1. The molecule has 8 nitrogen and oxygen atoms in total. The fourth-order valence-electron chi connectivity index (χ4n) is 2.82. The van der Waals surface area contributed by atoms with Crippen LogP contribution in [0.1, 0.15) is 12.8 Å². The number of carbonyl (C=O) groups excluding carboxylic acids is 2. The summed E-state index contributed by atoms with van der Waals surface area (Å²) in [6.07, 6.45) is 3.18. The maximum absolute atomic E-state index is 12.6. The van der Waals surface area contributed by atoms with E-state index in [0.717, 1.165) is 25.1 Å². The average molecular weight is 328 g/mol. The van der Waals surface area contributed by atoms with Crippen molar-refractivity contribution in [3.63, 3.8) is 0 Å². The van der Waals surface area contributed by atoms with E-state index in [2.05, 4.69) is 25.6 Å². The smallest absolute Gasteiger partial charge is 0.249 e. The summed E-state index contributed by atoms with van der Waals surface area (Å²) in [6.45, 7) is 0.916. The van der Waals surface area contributed by atoms with Gasteiger partial charge < -0.3 is 10.2 Å². The Kier molecular flexibility index (Phi) is 4.74. The van der Waals surface area contributed by atoms with Crippen LogP contribution in [0.25, 0.3) is 0 Å². The van der Waals surface area contributed by atoms with Gasteiger partial charge in [0.15, 0.2) is 0 Å². The molecule has 2 aromatic rings. The number of anilines is 2. The highest BCUT2D eigenvalue weighted by atomic mass is 16.2. The second kappa shape index (κ2) is 7.12. The number of nitrogens with zero attached hydrogens (tertiary/aromatic N) is 4. The predicted octanol–water partition coefficient (Wildman–Crippen LogP) is 0.632. The lowest BCUT2D eigenvalue weighted by Gasteiger charge is -2.25. The van der Waals surface area contributed by atoms with Crippen molar-refractivity contribution in [1.29, 1.82) is 0 Å². The number of amides is 2. The molecule has 0 saturated carbocycles. The molecule has 1 fully saturated rings. The van der Waals surface area contributed by atoms with Crippen LogP contribution in [0.3, 0.4) is 0 Å². The third-order valence-corrected chi connectivity index (χ3v) is 4.00. The van der Waals surface area contributed by atoms with Gasteiger partial charge in [-0.3, -0.25) is 14.9 Å². The van der Waals surface area contributed by atoms with Crippen LogP contribution >= 0.6 is 0 Å². The first-order chi connectivity index (χ1) is 11.7. The summed E-state index contributed by atoms with van der Waals surface area (Å²) < 4.78 is 1.39. The van der Waals surface area contributed by atoms with Crippen molar-refractivity contribution in [3.8, 4) is 0 Å². The molecule has 1 aliphatic heterocycles. The van der Waals surface area contributed by atoms with E-state index in [1.165, 1.54) is 11.0 Å². The molecule has 1 aliphatic rings. The molecule has 126 valence electrons. The van der Waals surface area contributed by atoms with Crippen LogP contribution in [0.4, 0.5) is 11.6 Å². The zero-order chi connectivity index (χ0) is 16.9. The Morgan fingerprint density at radius 2 is 2.08 bits per heavy atom. The van der Waals surface area contributed by atoms with Crippen molar-refractivity contribution in [2.75, 3.05) is 23.8 Å².